The van der Waals surface area contributed by atoms with Gasteiger partial charge in [-0.3, -0.25) is 9.59 Å². The number of hydrogen-bond acceptors (Lipinski definition) is 5. The number of carbonyl (C=O) groups is 2. The summed E-state index contributed by atoms with van der Waals surface area (Å²) in [7, 11) is 0. The lowest BCUT2D eigenvalue weighted by Gasteiger charge is -2.46. The quantitative estimate of drug-likeness (QED) is 0.439. The maximum Gasteiger partial charge on any atom is 0.309 e. The minimum absolute atomic E-state index is 0.112. The lowest BCUT2D eigenvalue weighted by atomic mass is 9.79. The van der Waals surface area contributed by atoms with Crippen LogP contribution in [0.15, 0.2) is 0 Å². The minimum atomic E-state index is -1.21. The van der Waals surface area contributed by atoms with Crippen molar-refractivity contribution in [3.8, 4) is 0 Å². The van der Waals surface area contributed by atoms with Crippen LogP contribution in [0.2, 0.25) is 0 Å². The third-order valence-electron chi connectivity index (χ3n) is 3.84. The zero-order chi connectivity index (χ0) is 17.2. The van der Waals surface area contributed by atoms with Crippen molar-refractivity contribution >= 4 is 11.8 Å². The van der Waals surface area contributed by atoms with Crippen LogP contribution in [-0.2, 0) is 9.59 Å². The summed E-state index contributed by atoms with van der Waals surface area (Å²) in [5, 5.41) is 26.9. The molecule has 1 saturated heterocycles. The SMILES string of the molecule is CC1(C)CC(NC(=O)C(=O)NC(C)(CO)CO)CC(C)(C)N1. The number of aliphatic hydroxyl groups excluding tert-OH is 2. The van der Waals surface area contributed by atoms with Gasteiger partial charge in [0.05, 0.1) is 18.8 Å². The smallest absolute Gasteiger partial charge is 0.309 e. The van der Waals surface area contributed by atoms with E-state index in [1.54, 1.807) is 0 Å². The van der Waals surface area contributed by atoms with E-state index < -0.39 is 30.6 Å². The number of amides is 2. The molecule has 0 atom stereocenters. The van der Waals surface area contributed by atoms with E-state index in [9.17, 15) is 9.59 Å². The molecule has 0 aliphatic carbocycles. The molecule has 1 rings (SSSR count). The summed E-state index contributed by atoms with van der Waals surface area (Å²) >= 11 is 0. The van der Waals surface area contributed by atoms with Gasteiger partial charge in [-0.2, -0.15) is 0 Å². The molecule has 0 aromatic carbocycles. The summed E-state index contributed by atoms with van der Waals surface area (Å²) in [5.41, 5.74) is -1.48. The lowest BCUT2D eigenvalue weighted by molar-refractivity contribution is -0.141. The topological polar surface area (TPSA) is 111 Å². The molecule has 0 saturated carbocycles. The Kier molecular flexibility index (Phi) is 5.59. The van der Waals surface area contributed by atoms with Crippen molar-refractivity contribution in [2.24, 2.45) is 0 Å². The molecule has 2 amide bonds. The van der Waals surface area contributed by atoms with Crippen molar-refractivity contribution in [1.82, 2.24) is 16.0 Å². The molecule has 0 bridgehead atoms. The minimum Gasteiger partial charge on any atom is -0.394 e. The average Bonchev–Trinajstić information content (AvgIpc) is 2.34. The van der Waals surface area contributed by atoms with Gasteiger partial charge < -0.3 is 26.2 Å². The third-order valence-corrected chi connectivity index (χ3v) is 3.84. The highest BCUT2D eigenvalue weighted by atomic mass is 16.3. The highest BCUT2D eigenvalue weighted by Gasteiger charge is 2.39. The molecule has 1 heterocycles. The number of piperidine rings is 1. The van der Waals surface area contributed by atoms with Crippen LogP contribution < -0.4 is 16.0 Å². The first-order valence-corrected chi connectivity index (χ1v) is 7.56. The first-order valence-electron chi connectivity index (χ1n) is 7.56. The van der Waals surface area contributed by atoms with Gasteiger partial charge >= 0.3 is 11.8 Å². The first-order chi connectivity index (χ1) is 9.92. The van der Waals surface area contributed by atoms with Crippen LogP contribution in [0.25, 0.3) is 0 Å². The van der Waals surface area contributed by atoms with Gasteiger partial charge in [-0.05, 0) is 47.5 Å². The molecule has 1 aliphatic rings. The molecular formula is C15H29N3O4. The summed E-state index contributed by atoms with van der Waals surface area (Å²) in [6.07, 6.45) is 1.43. The first kappa shape index (κ1) is 18.9. The standard InChI is InChI=1S/C15H29N3O4/c1-13(2)6-10(7-14(3,4)18-13)16-11(21)12(22)17-15(5,8-19)9-20/h10,18-20H,6-9H2,1-5H3,(H,16,21)(H,17,22). The highest BCUT2D eigenvalue weighted by molar-refractivity contribution is 6.35. The van der Waals surface area contributed by atoms with Crippen LogP contribution >= 0.6 is 0 Å². The fourth-order valence-electron chi connectivity index (χ4n) is 3.14. The average molecular weight is 315 g/mol. The third kappa shape index (κ3) is 5.23. The number of nitrogens with one attached hydrogen (secondary N) is 3. The van der Waals surface area contributed by atoms with Gasteiger partial charge in [0.1, 0.15) is 0 Å². The predicted molar refractivity (Wildman–Crippen MR) is 83.2 cm³/mol. The zero-order valence-electron chi connectivity index (χ0n) is 14.1. The number of carbonyl (C=O) groups excluding carboxylic acids is 2. The van der Waals surface area contributed by atoms with Gasteiger partial charge in [0.25, 0.3) is 0 Å². The Morgan fingerprint density at radius 2 is 1.55 bits per heavy atom. The Morgan fingerprint density at radius 1 is 1.09 bits per heavy atom. The Morgan fingerprint density at radius 3 is 1.95 bits per heavy atom. The van der Waals surface area contributed by atoms with Gasteiger partial charge in [-0.25, -0.2) is 0 Å². The monoisotopic (exact) mass is 315 g/mol. The summed E-state index contributed by atoms with van der Waals surface area (Å²) in [5.74, 6) is -1.59. The fourth-order valence-corrected chi connectivity index (χ4v) is 3.14. The van der Waals surface area contributed by atoms with E-state index in [2.05, 4.69) is 43.6 Å². The van der Waals surface area contributed by atoms with Gasteiger partial charge in [0.15, 0.2) is 0 Å². The van der Waals surface area contributed by atoms with E-state index >= 15 is 0 Å². The van der Waals surface area contributed by atoms with Crippen molar-refractivity contribution in [3.63, 3.8) is 0 Å². The van der Waals surface area contributed by atoms with E-state index in [0.29, 0.717) is 12.8 Å². The fraction of sp³-hybridized carbons (Fsp3) is 0.867. The van der Waals surface area contributed by atoms with Crippen LogP contribution in [0.5, 0.6) is 0 Å². The van der Waals surface area contributed by atoms with Gasteiger partial charge in [-0.15, -0.1) is 0 Å². The van der Waals surface area contributed by atoms with Crippen molar-refractivity contribution in [2.75, 3.05) is 13.2 Å². The van der Waals surface area contributed by atoms with Crippen LogP contribution in [0.4, 0.5) is 0 Å². The van der Waals surface area contributed by atoms with Gasteiger partial charge in [-0.1, -0.05) is 0 Å². The molecule has 0 aromatic heterocycles. The summed E-state index contributed by atoms with van der Waals surface area (Å²) < 4.78 is 0. The zero-order valence-corrected chi connectivity index (χ0v) is 14.1. The van der Waals surface area contributed by atoms with Crippen LogP contribution in [-0.4, -0.2) is 57.9 Å². The van der Waals surface area contributed by atoms with Crippen molar-refractivity contribution in [1.29, 1.82) is 0 Å². The molecule has 7 heteroatoms. The Bertz CT molecular complexity index is 415. The molecule has 0 radical (unpaired) electrons. The molecule has 0 unspecified atom stereocenters. The van der Waals surface area contributed by atoms with E-state index in [4.69, 9.17) is 10.2 Å². The van der Waals surface area contributed by atoms with Crippen molar-refractivity contribution < 1.29 is 19.8 Å². The molecule has 1 fully saturated rings. The largest absolute Gasteiger partial charge is 0.394 e. The molecule has 1 aliphatic heterocycles. The Hall–Kier alpha value is -1.18. The van der Waals surface area contributed by atoms with Crippen molar-refractivity contribution in [3.05, 3.63) is 0 Å². The van der Waals surface area contributed by atoms with Crippen LogP contribution in [0.3, 0.4) is 0 Å². The second kappa shape index (κ2) is 6.52. The lowest BCUT2D eigenvalue weighted by Crippen LogP contribution is -2.63. The molecule has 0 spiro atoms. The van der Waals surface area contributed by atoms with E-state index in [1.165, 1.54) is 6.92 Å². The second-order valence-corrected chi connectivity index (χ2v) is 7.80. The predicted octanol–water partition coefficient (Wildman–Crippen LogP) is -0.729. The maximum atomic E-state index is 12.0. The number of aliphatic hydroxyl groups is 2. The second-order valence-electron chi connectivity index (χ2n) is 7.80. The molecule has 0 aromatic rings. The summed E-state index contributed by atoms with van der Waals surface area (Å²) in [6, 6.07) is -0.112. The van der Waals surface area contributed by atoms with Crippen molar-refractivity contribution in [2.45, 2.75) is 70.1 Å². The van der Waals surface area contributed by atoms with E-state index in [0.717, 1.165) is 0 Å². The number of hydrogen-bond donors (Lipinski definition) is 5. The summed E-state index contributed by atoms with van der Waals surface area (Å²) in [6.45, 7) is 8.80. The normalized spacial score (nSPS) is 21.2. The molecule has 22 heavy (non-hydrogen) atoms. The Labute approximate surface area is 131 Å². The highest BCUT2D eigenvalue weighted by Crippen LogP contribution is 2.28. The van der Waals surface area contributed by atoms with E-state index in [1.807, 2.05) is 0 Å². The molecule has 5 N–H and O–H groups in total. The molecule has 7 nitrogen and oxygen atoms in total. The number of rotatable bonds is 4. The van der Waals surface area contributed by atoms with Crippen LogP contribution in [0, 0.1) is 0 Å². The van der Waals surface area contributed by atoms with E-state index in [-0.39, 0.29) is 17.1 Å². The summed E-state index contributed by atoms with van der Waals surface area (Å²) in [4.78, 5) is 23.9. The molecule has 128 valence electrons. The van der Waals surface area contributed by atoms with Gasteiger partial charge in [0.2, 0.25) is 0 Å². The Balaban J connectivity index is 2.66. The van der Waals surface area contributed by atoms with Crippen LogP contribution in [0.1, 0.15) is 47.5 Å². The van der Waals surface area contributed by atoms with Gasteiger partial charge in [0, 0.05) is 17.1 Å². The maximum absolute atomic E-state index is 12.0. The molecular weight excluding hydrogens is 286 g/mol.